The molecule has 18 heavy (non-hydrogen) atoms. The second-order valence-corrected chi connectivity index (χ2v) is 4.27. The second kappa shape index (κ2) is 7.16. The van der Waals surface area contributed by atoms with Gasteiger partial charge < -0.3 is 14.4 Å². The van der Waals surface area contributed by atoms with Crippen LogP contribution in [0.1, 0.15) is 12.0 Å². The van der Waals surface area contributed by atoms with E-state index in [1.54, 1.807) is 12.1 Å². The van der Waals surface area contributed by atoms with Crippen molar-refractivity contribution in [3.8, 4) is 11.5 Å². The molecule has 0 radical (unpaired) electrons. The van der Waals surface area contributed by atoms with Gasteiger partial charge in [0.2, 0.25) is 0 Å². The van der Waals surface area contributed by atoms with E-state index < -0.39 is 6.61 Å². The topological polar surface area (TPSA) is 21.7 Å². The van der Waals surface area contributed by atoms with Gasteiger partial charge in [-0.1, -0.05) is 6.07 Å². The number of methoxy groups -OCH3 is 1. The highest BCUT2D eigenvalue weighted by molar-refractivity contribution is 5.43. The number of nitrogens with zero attached hydrogens (tertiary/aromatic N) is 1. The molecule has 0 fully saturated rings. The number of hydrogen-bond acceptors (Lipinski definition) is 3. The van der Waals surface area contributed by atoms with Crippen molar-refractivity contribution in [3.05, 3.63) is 23.8 Å². The number of ether oxygens (including phenoxy) is 2. The second-order valence-electron chi connectivity index (χ2n) is 4.27. The molecule has 0 bridgehead atoms. The van der Waals surface area contributed by atoms with E-state index in [1.807, 2.05) is 20.2 Å². The Labute approximate surface area is 106 Å². The molecule has 3 nitrogen and oxygen atoms in total. The lowest BCUT2D eigenvalue weighted by Gasteiger charge is -2.12. The fourth-order valence-corrected chi connectivity index (χ4v) is 1.66. The van der Waals surface area contributed by atoms with Crippen LogP contribution in [0.2, 0.25) is 0 Å². The van der Waals surface area contributed by atoms with Crippen LogP contribution >= 0.6 is 0 Å². The highest BCUT2D eigenvalue weighted by Gasteiger charge is 2.11. The highest BCUT2D eigenvalue weighted by Crippen LogP contribution is 2.29. The number of rotatable bonds is 7. The van der Waals surface area contributed by atoms with Crippen LogP contribution in [0.3, 0.4) is 0 Å². The number of halogens is 2. The molecule has 0 saturated heterocycles. The predicted octanol–water partition coefficient (Wildman–Crippen LogP) is 2.79. The number of benzene rings is 1. The summed E-state index contributed by atoms with van der Waals surface area (Å²) in [6.07, 6.45) is 1.79. The SMILES string of the molecule is COc1ccc(CCCN(C)C)cc1OC(F)F. The zero-order chi connectivity index (χ0) is 13.5. The van der Waals surface area contributed by atoms with Gasteiger partial charge in [0.05, 0.1) is 7.11 Å². The number of hydrogen-bond donors (Lipinski definition) is 0. The maximum Gasteiger partial charge on any atom is 0.387 e. The van der Waals surface area contributed by atoms with Crippen LogP contribution in [-0.4, -0.2) is 39.3 Å². The zero-order valence-corrected chi connectivity index (χ0v) is 11.0. The van der Waals surface area contributed by atoms with Gasteiger partial charge in [0.25, 0.3) is 0 Å². The van der Waals surface area contributed by atoms with Gasteiger partial charge >= 0.3 is 6.61 Å². The van der Waals surface area contributed by atoms with E-state index in [2.05, 4.69) is 9.64 Å². The van der Waals surface area contributed by atoms with E-state index in [4.69, 9.17) is 4.74 Å². The Morgan fingerprint density at radius 1 is 1.22 bits per heavy atom. The Kier molecular flexibility index (Phi) is 5.85. The van der Waals surface area contributed by atoms with E-state index in [-0.39, 0.29) is 5.75 Å². The molecule has 0 unspecified atom stereocenters. The molecule has 0 amide bonds. The van der Waals surface area contributed by atoms with Gasteiger partial charge in [0.1, 0.15) is 0 Å². The van der Waals surface area contributed by atoms with Crippen molar-refractivity contribution in [1.82, 2.24) is 4.90 Å². The Hall–Kier alpha value is -1.36. The maximum absolute atomic E-state index is 12.2. The molecule has 1 aromatic carbocycles. The summed E-state index contributed by atoms with van der Waals surface area (Å²) < 4.78 is 33.9. The van der Waals surface area contributed by atoms with E-state index in [9.17, 15) is 8.78 Å². The van der Waals surface area contributed by atoms with E-state index in [0.717, 1.165) is 24.9 Å². The van der Waals surface area contributed by atoms with E-state index >= 15 is 0 Å². The Morgan fingerprint density at radius 3 is 2.50 bits per heavy atom. The third-order valence-electron chi connectivity index (χ3n) is 2.51. The summed E-state index contributed by atoms with van der Waals surface area (Å²) in [5.74, 6) is 0.418. The van der Waals surface area contributed by atoms with E-state index in [0.29, 0.717) is 5.75 Å². The molecule has 5 heteroatoms. The third-order valence-corrected chi connectivity index (χ3v) is 2.51. The molecule has 102 valence electrons. The van der Waals surface area contributed by atoms with Gasteiger partial charge in [-0.05, 0) is 51.2 Å². The average Bonchev–Trinajstić information content (AvgIpc) is 2.28. The Morgan fingerprint density at radius 2 is 1.94 bits per heavy atom. The summed E-state index contributed by atoms with van der Waals surface area (Å²) in [6, 6.07) is 5.14. The minimum absolute atomic E-state index is 0.0925. The monoisotopic (exact) mass is 259 g/mol. The highest BCUT2D eigenvalue weighted by atomic mass is 19.3. The van der Waals surface area contributed by atoms with Crippen LogP contribution in [0.5, 0.6) is 11.5 Å². The first-order chi connectivity index (χ1) is 8.52. The van der Waals surface area contributed by atoms with Crippen molar-refractivity contribution in [3.63, 3.8) is 0 Å². The summed E-state index contributed by atoms with van der Waals surface area (Å²) in [7, 11) is 5.43. The van der Waals surface area contributed by atoms with Gasteiger partial charge in [-0.15, -0.1) is 0 Å². The van der Waals surface area contributed by atoms with Gasteiger partial charge in [0, 0.05) is 0 Å². The third kappa shape index (κ3) is 4.87. The Bertz CT molecular complexity index is 370. The molecule has 0 atom stereocenters. The predicted molar refractivity (Wildman–Crippen MR) is 66.5 cm³/mol. The van der Waals surface area contributed by atoms with E-state index in [1.165, 1.54) is 7.11 Å². The van der Waals surface area contributed by atoms with Crippen molar-refractivity contribution < 1.29 is 18.3 Å². The van der Waals surface area contributed by atoms with Crippen molar-refractivity contribution in [2.24, 2.45) is 0 Å². The summed E-state index contributed by atoms with van der Waals surface area (Å²) >= 11 is 0. The van der Waals surface area contributed by atoms with Crippen molar-refractivity contribution in [2.45, 2.75) is 19.5 Å². The first-order valence-corrected chi connectivity index (χ1v) is 5.79. The number of aryl methyl sites for hydroxylation is 1. The lowest BCUT2D eigenvalue weighted by atomic mass is 10.1. The molecule has 0 N–H and O–H groups in total. The van der Waals surface area contributed by atoms with Crippen LogP contribution in [0, 0.1) is 0 Å². The van der Waals surface area contributed by atoms with Crippen molar-refractivity contribution in [2.75, 3.05) is 27.7 Å². The molecule has 0 aromatic heterocycles. The van der Waals surface area contributed by atoms with Crippen molar-refractivity contribution >= 4 is 0 Å². The van der Waals surface area contributed by atoms with Gasteiger partial charge in [-0.2, -0.15) is 8.78 Å². The minimum atomic E-state index is -2.84. The smallest absolute Gasteiger partial charge is 0.387 e. The maximum atomic E-state index is 12.2. The largest absolute Gasteiger partial charge is 0.493 e. The normalized spacial score (nSPS) is 11.1. The molecule has 0 heterocycles. The van der Waals surface area contributed by atoms with Crippen molar-refractivity contribution in [1.29, 1.82) is 0 Å². The van der Waals surface area contributed by atoms with Gasteiger partial charge in [-0.25, -0.2) is 0 Å². The molecular weight excluding hydrogens is 240 g/mol. The van der Waals surface area contributed by atoms with Crippen LogP contribution < -0.4 is 9.47 Å². The molecule has 0 aliphatic rings. The summed E-state index contributed by atoms with van der Waals surface area (Å²) in [6.45, 7) is -1.88. The summed E-state index contributed by atoms with van der Waals surface area (Å²) in [5, 5.41) is 0. The van der Waals surface area contributed by atoms with Crippen LogP contribution in [-0.2, 0) is 6.42 Å². The molecule has 1 rings (SSSR count). The van der Waals surface area contributed by atoms with Gasteiger partial charge in [-0.3, -0.25) is 0 Å². The first kappa shape index (κ1) is 14.7. The van der Waals surface area contributed by atoms with Crippen LogP contribution in [0.15, 0.2) is 18.2 Å². The molecule has 0 saturated carbocycles. The molecule has 0 aliphatic heterocycles. The summed E-state index contributed by atoms with van der Waals surface area (Å²) in [4.78, 5) is 2.08. The standard InChI is InChI=1S/C13H19F2NO2/c1-16(2)8-4-5-10-6-7-11(17-3)12(9-10)18-13(14)15/h6-7,9,13H,4-5,8H2,1-3H3. The van der Waals surface area contributed by atoms with Gasteiger partial charge in [0.15, 0.2) is 11.5 Å². The minimum Gasteiger partial charge on any atom is -0.493 e. The first-order valence-electron chi connectivity index (χ1n) is 5.79. The quantitative estimate of drug-likeness (QED) is 0.751. The molecule has 0 aliphatic carbocycles. The lowest BCUT2D eigenvalue weighted by Crippen LogP contribution is -2.13. The average molecular weight is 259 g/mol. The fraction of sp³-hybridized carbons (Fsp3) is 0.538. The lowest BCUT2D eigenvalue weighted by molar-refractivity contribution is -0.0512. The zero-order valence-electron chi connectivity index (χ0n) is 11.0. The molecule has 0 spiro atoms. The Balaban J connectivity index is 2.69. The molecular formula is C13H19F2NO2. The summed E-state index contributed by atoms with van der Waals surface area (Å²) in [5.41, 5.74) is 0.966. The van der Waals surface area contributed by atoms with Crippen LogP contribution in [0.25, 0.3) is 0 Å². The number of alkyl halides is 2. The fourth-order valence-electron chi connectivity index (χ4n) is 1.66. The molecule has 1 aromatic rings. The van der Waals surface area contributed by atoms with Crippen LogP contribution in [0.4, 0.5) is 8.78 Å².